The first kappa shape index (κ1) is 15.6. The molecule has 0 N–H and O–H groups in total. The number of hydrogen-bond donors (Lipinski definition) is 0. The van der Waals surface area contributed by atoms with E-state index in [1.807, 2.05) is 6.92 Å². The Hall–Kier alpha value is -0.410. The van der Waals surface area contributed by atoms with Crippen LogP contribution in [0.1, 0.15) is 40.0 Å². The number of ketones is 3. The summed E-state index contributed by atoms with van der Waals surface area (Å²) in [5.41, 5.74) is -0.821. The number of alkyl halides is 2. The van der Waals surface area contributed by atoms with Crippen molar-refractivity contribution >= 4 is 40.6 Å². The number of carbonyl (C=O) groups excluding carboxylic acids is 3. The van der Waals surface area contributed by atoms with Gasteiger partial charge in [0.15, 0.2) is 17.3 Å². The van der Waals surface area contributed by atoms with Crippen LogP contribution in [0.2, 0.25) is 0 Å². The standard InChI is InChI=1S/C13H18Cl2O3/c1-4-5-6-7(16)8-9(17)11(14)13(2,3)12(15)10(8)18/h8,11-12H,4-6H2,1-3H3/t11-,12-/m0/s1. The van der Waals surface area contributed by atoms with E-state index >= 15 is 0 Å². The third kappa shape index (κ3) is 2.62. The van der Waals surface area contributed by atoms with Crippen LogP contribution in [0.3, 0.4) is 0 Å². The molecule has 1 aliphatic carbocycles. The van der Waals surface area contributed by atoms with Crippen LogP contribution in [-0.4, -0.2) is 28.1 Å². The topological polar surface area (TPSA) is 51.2 Å². The maximum Gasteiger partial charge on any atom is 0.169 e. The molecule has 2 atom stereocenters. The van der Waals surface area contributed by atoms with E-state index in [-0.39, 0.29) is 12.2 Å². The van der Waals surface area contributed by atoms with Crippen molar-refractivity contribution in [3.8, 4) is 0 Å². The molecule has 0 unspecified atom stereocenters. The minimum atomic E-state index is -1.26. The van der Waals surface area contributed by atoms with Gasteiger partial charge < -0.3 is 0 Å². The van der Waals surface area contributed by atoms with Crippen LogP contribution in [0, 0.1) is 11.3 Å². The van der Waals surface area contributed by atoms with Crippen LogP contribution < -0.4 is 0 Å². The lowest BCUT2D eigenvalue weighted by Crippen LogP contribution is -2.56. The van der Waals surface area contributed by atoms with Crippen molar-refractivity contribution in [1.29, 1.82) is 0 Å². The predicted octanol–water partition coefficient (Wildman–Crippen LogP) is 2.75. The first-order valence-corrected chi connectivity index (χ1v) is 7.00. The average molecular weight is 293 g/mol. The number of unbranched alkanes of at least 4 members (excludes halogenated alkanes) is 1. The molecule has 0 saturated heterocycles. The maximum absolute atomic E-state index is 12.1. The van der Waals surface area contributed by atoms with Gasteiger partial charge in [0.25, 0.3) is 0 Å². The summed E-state index contributed by atoms with van der Waals surface area (Å²) in [5, 5.41) is -1.79. The van der Waals surface area contributed by atoms with Gasteiger partial charge in [-0.25, -0.2) is 0 Å². The molecule has 1 rings (SSSR count). The van der Waals surface area contributed by atoms with Crippen molar-refractivity contribution in [3.05, 3.63) is 0 Å². The van der Waals surface area contributed by atoms with E-state index in [2.05, 4.69) is 0 Å². The molecule has 0 amide bonds. The van der Waals surface area contributed by atoms with Gasteiger partial charge in [-0.3, -0.25) is 14.4 Å². The molecule has 3 nitrogen and oxygen atoms in total. The van der Waals surface area contributed by atoms with Gasteiger partial charge in [-0.15, -0.1) is 23.2 Å². The molecule has 1 aliphatic rings. The van der Waals surface area contributed by atoms with E-state index in [0.29, 0.717) is 6.42 Å². The lowest BCUT2D eigenvalue weighted by Gasteiger charge is -2.39. The van der Waals surface area contributed by atoms with Gasteiger partial charge in [0.05, 0.1) is 0 Å². The highest BCUT2D eigenvalue weighted by molar-refractivity contribution is 6.44. The summed E-state index contributed by atoms with van der Waals surface area (Å²) >= 11 is 12.1. The van der Waals surface area contributed by atoms with Crippen LogP contribution in [0.15, 0.2) is 0 Å². The number of hydrogen-bond acceptors (Lipinski definition) is 3. The zero-order chi connectivity index (χ0) is 14.1. The van der Waals surface area contributed by atoms with Crippen molar-refractivity contribution in [1.82, 2.24) is 0 Å². The Balaban J connectivity index is 2.97. The molecular weight excluding hydrogens is 275 g/mol. The summed E-state index contributed by atoms with van der Waals surface area (Å²) in [5.74, 6) is -2.59. The Morgan fingerprint density at radius 3 is 2.00 bits per heavy atom. The highest BCUT2D eigenvalue weighted by atomic mass is 35.5. The maximum atomic E-state index is 12.1. The van der Waals surface area contributed by atoms with Gasteiger partial charge >= 0.3 is 0 Å². The molecule has 18 heavy (non-hydrogen) atoms. The predicted molar refractivity (Wildman–Crippen MR) is 71.1 cm³/mol. The molecule has 1 saturated carbocycles. The smallest absolute Gasteiger partial charge is 0.169 e. The molecule has 1 fully saturated rings. The highest BCUT2D eigenvalue weighted by Crippen LogP contribution is 2.41. The molecule has 0 aromatic heterocycles. The fourth-order valence-electron chi connectivity index (χ4n) is 2.11. The van der Waals surface area contributed by atoms with Crippen LogP contribution >= 0.6 is 23.2 Å². The fourth-order valence-corrected chi connectivity index (χ4v) is 2.68. The van der Waals surface area contributed by atoms with Crippen molar-refractivity contribution in [2.45, 2.75) is 50.8 Å². The molecule has 0 bridgehead atoms. The van der Waals surface area contributed by atoms with Crippen LogP contribution in [0.5, 0.6) is 0 Å². The molecule has 0 aliphatic heterocycles. The summed E-state index contributed by atoms with van der Waals surface area (Å²) in [6.45, 7) is 5.28. The number of Topliss-reactive ketones (excluding diaryl/α,β-unsaturated/α-hetero) is 3. The second-order valence-electron chi connectivity index (χ2n) is 5.35. The Labute approximate surface area is 117 Å². The minimum Gasteiger partial charge on any atom is -0.298 e. The first-order chi connectivity index (χ1) is 8.25. The van der Waals surface area contributed by atoms with E-state index < -0.39 is 33.7 Å². The van der Waals surface area contributed by atoms with Crippen molar-refractivity contribution < 1.29 is 14.4 Å². The van der Waals surface area contributed by atoms with Gasteiger partial charge in [0.2, 0.25) is 0 Å². The van der Waals surface area contributed by atoms with Crippen molar-refractivity contribution in [2.75, 3.05) is 0 Å². The van der Waals surface area contributed by atoms with Gasteiger partial charge in [-0.05, 0) is 6.42 Å². The van der Waals surface area contributed by atoms with Crippen LogP contribution in [-0.2, 0) is 14.4 Å². The zero-order valence-electron chi connectivity index (χ0n) is 10.8. The lowest BCUT2D eigenvalue weighted by atomic mass is 9.69. The Morgan fingerprint density at radius 1 is 1.17 bits per heavy atom. The third-order valence-electron chi connectivity index (χ3n) is 3.47. The van der Waals surface area contributed by atoms with Gasteiger partial charge in [-0.2, -0.15) is 0 Å². The molecular formula is C13H18Cl2O3. The van der Waals surface area contributed by atoms with E-state index in [1.54, 1.807) is 13.8 Å². The summed E-state index contributed by atoms with van der Waals surface area (Å²) in [4.78, 5) is 36.1. The Kier molecular flexibility index (Phi) is 4.96. The molecule has 0 radical (unpaired) electrons. The fraction of sp³-hybridized carbons (Fsp3) is 0.769. The van der Waals surface area contributed by atoms with Gasteiger partial charge in [0.1, 0.15) is 16.7 Å². The van der Waals surface area contributed by atoms with E-state index in [0.717, 1.165) is 6.42 Å². The van der Waals surface area contributed by atoms with Crippen molar-refractivity contribution in [2.24, 2.45) is 11.3 Å². The van der Waals surface area contributed by atoms with Gasteiger partial charge in [-0.1, -0.05) is 27.2 Å². The second-order valence-corrected chi connectivity index (χ2v) is 6.23. The third-order valence-corrected chi connectivity index (χ3v) is 5.03. The number of carbonyl (C=O) groups is 3. The normalized spacial score (nSPS) is 31.5. The monoisotopic (exact) mass is 292 g/mol. The SMILES string of the molecule is CCCCC(=O)C1C(=O)[C@H](Cl)C(C)(C)[C@@H](Cl)C1=O. The summed E-state index contributed by atoms with van der Waals surface area (Å²) < 4.78 is 0. The first-order valence-electron chi connectivity index (χ1n) is 6.13. The molecule has 0 spiro atoms. The van der Waals surface area contributed by atoms with Crippen molar-refractivity contribution in [3.63, 3.8) is 0 Å². The molecule has 102 valence electrons. The zero-order valence-corrected chi connectivity index (χ0v) is 12.3. The molecule has 5 heteroatoms. The van der Waals surface area contributed by atoms with E-state index in [9.17, 15) is 14.4 Å². The summed E-state index contributed by atoms with van der Waals surface area (Å²) in [6, 6.07) is 0. The van der Waals surface area contributed by atoms with Crippen LogP contribution in [0.25, 0.3) is 0 Å². The highest BCUT2D eigenvalue weighted by Gasteiger charge is 2.54. The lowest BCUT2D eigenvalue weighted by molar-refractivity contribution is -0.144. The quantitative estimate of drug-likeness (QED) is 0.591. The summed E-state index contributed by atoms with van der Waals surface area (Å²) in [6.07, 6.45) is 1.73. The minimum absolute atomic E-state index is 0.228. The van der Waals surface area contributed by atoms with E-state index in [4.69, 9.17) is 23.2 Å². The summed E-state index contributed by atoms with van der Waals surface area (Å²) in [7, 11) is 0. The average Bonchev–Trinajstić information content (AvgIpc) is 2.32. The van der Waals surface area contributed by atoms with Crippen LogP contribution in [0.4, 0.5) is 0 Å². The number of rotatable bonds is 4. The Morgan fingerprint density at radius 2 is 1.61 bits per heavy atom. The van der Waals surface area contributed by atoms with Gasteiger partial charge in [0, 0.05) is 11.8 Å². The second kappa shape index (κ2) is 5.70. The Bertz CT molecular complexity index is 352. The largest absolute Gasteiger partial charge is 0.298 e. The molecule has 0 aromatic carbocycles. The number of halogens is 2. The van der Waals surface area contributed by atoms with E-state index in [1.165, 1.54) is 0 Å². The molecule has 0 heterocycles. The molecule has 0 aromatic rings.